The lowest BCUT2D eigenvalue weighted by Gasteiger charge is -2.44. The summed E-state index contributed by atoms with van der Waals surface area (Å²) in [5.41, 5.74) is 4.42. The number of fused-ring (bicyclic) bond motifs is 1. The van der Waals surface area contributed by atoms with E-state index in [1.54, 1.807) is 0 Å². The molecule has 7 atom stereocenters. The van der Waals surface area contributed by atoms with Crippen molar-refractivity contribution < 1.29 is 15.3 Å². The molecule has 5 rings (SSSR count). The summed E-state index contributed by atoms with van der Waals surface area (Å²) in [7, 11) is 0. The van der Waals surface area contributed by atoms with Crippen LogP contribution in [-0.2, 0) is 11.8 Å². The molecule has 0 radical (unpaired) electrons. The molecule has 0 saturated heterocycles. The molecule has 4 fully saturated rings. The molecule has 4 saturated carbocycles. The predicted octanol–water partition coefficient (Wildman–Crippen LogP) is 5.70. The van der Waals surface area contributed by atoms with Crippen LogP contribution in [0.4, 0.5) is 0 Å². The second-order valence-corrected chi connectivity index (χ2v) is 12.6. The highest BCUT2D eigenvalue weighted by atomic mass is 16.3. The van der Waals surface area contributed by atoms with Gasteiger partial charge in [0.15, 0.2) is 0 Å². The lowest BCUT2D eigenvalue weighted by atomic mass is 9.61. The van der Waals surface area contributed by atoms with E-state index in [2.05, 4.69) is 61.6 Å². The number of rotatable bonds is 7. The van der Waals surface area contributed by atoms with E-state index in [1.807, 2.05) is 6.20 Å². The summed E-state index contributed by atoms with van der Waals surface area (Å²) in [5.74, 6) is 2.51. The fraction of sp³-hybridized carbons (Fsp3) is 0.656. The number of aliphatic hydroxyl groups excluding tert-OH is 3. The van der Waals surface area contributed by atoms with Gasteiger partial charge < -0.3 is 20.3 Å². The van der Waals surface area contributed by atoms with Crippen LogP contribution in [0.25, 0.3) is 0 Å². The summed E-state index contributed by atoms with van der Waals surface area (Å²) in [5, 5.41) is 31.5. The predicted molar refractivity (Wildman–Crippen MR) is 148 cm³/mol. The first-order valence-corrected chi connectivity index (χ1v) is 14.5. The summed E-state index contributed by atoms with van der Waals surface area (Å²) < 4.78 is 0. The van der Waals surface area contributed by atoms with Crippen LogP contribution in [0, 0.1) is 23.2 Å². The standard InChI is InChI=1S/C32H46N2O3/c1-5-24-19-33-30(34-24)32(15-16-32)29(37)13-8-20(2)26-11-12-27-22(7-6-14-31(26,27)4)9-10-23-17-25(35)18-28(36)21(23)3/h8-10,13,19-20,25-29,35-37H,3,5-7,11-12,14-18H2,1-2,4H3,(H,33,34)/b13-8+,22-9+,23-10+/t20-,25-,26-,27+,28+,29+,31-/m1/s1. The van der Waals surface area contributed by atoms with Crippen LogP contribution in [-0.4, -0.2) is 43.6 Å². The molecule has 0 spiro atoms. The van der Waals surface area contributed by atoms with Crippen LogP contribution in [0.2, 0.25) is 0 Å². The fourth-order valence-corrected chi connectivity index (χ4v) is 7.81. The van der Waals surface area contributed by atoms with Crippen molar-refractivity contribution in [3.63, 3.8) is 0 Å². The summed E-state index contributed by atoms with van der Waals surface area (Å²) in [4.78, 5) is 8.02. The number of imidazole rings is 1. The number of allylic oxidation sites excluding steroid dienone is 4. The van der Waals surface area contributed by atoms with Crippen LogP contribution in [0.5, 0.6) is 0 Å². The number of aromatic amines is 1. The van der Waals surface area contributed by atoms with E-state index >= 15 is 0 Å². The molecule has 0 bridgehead atoms. The van der Waals surface area contributed by atoms with Gasteiger partial charge in [0.25, 0.3) is 0 Å². The van der Waals surface area contributed by atoms with E-state index in [4.69, 9.17) is 0 Å². The maximum absolute atomic E-state index is 11.2. The lowest BCUT2D eigenvalue weighted by molar-refractivity contribution is 0.0862. The number of aryl methyl sites for hydroxylation is 1. The third-order valence-electron chi connectivity index (χ3n) is 10.4. The Morgan fingerprint density at radius 2 is 1.97 bits per heavy atom. The minimum absolute atomic E-state index is 0.232. The Bertz CT molecular complexity index is 1090. The van der Waals surface area contributed by atoms with Gasteiger partial charge in [-0.2, -0.15) is 0 Å². The van der Waals surface area contributed by atoms with E-state index in [0.717, 1.165) is 48.3 Å². The SMILES string of the molecule is C=C1/C(=C/C=C2\CCC[C@]3(C)[C@@H]([C@H](C)/C=C/[C@H](O)C4(c5ncc(CC)[nH]5)CC4)CC[C@@H]23)C[C@@H](O)C[C@@H]1O. The summed E-state index contributed by atoms with van der Waals surface area (Å²) >= 11 is 0. The van der Waals surface area contributed by atoms with Gasteiger partial charge in [0.1, 0.15) is 5.82 Å². The zero-order valence-corrected chi connectivity index (χ0v) is 22.9. The first kappa shape index (κ1) is 26.6. The van der Waals surface area contributed by atoms with E-state index in [-0.39, 0.29) is 10.8 Å². The van der Waals surface area contributed by atoms with Crippen molar-refractivity contribution in [2.24, 2.45) is 23.2 Å². The van der Waals surface area contributed by atoms with Crippen molar-refractivity contribution in [2.45, 2.75) is 109 Å². The molecule has 4 N–H and O–H groups in total. The fourth-order valence-electron chi connectivity index (χ4n) is 7.81. The lowest BCUT2D eigenvalue weighted by Crippen LogP contribution is -2.35. The number of hydrogen-bond acceptors (Lipinski definition) is 4. The number of hydrogen-bond donors (Lipinski definition) is 4. The molecule has 5 heteroatoms. The van der Waals surface area contributed by atoms with Crippen LogP contribution >= 0.6 is 0 Å². The van der Waals surface area contributed by atoms with Crippen molar-refractivity contribution >= 4 is 0 Å². The van der Waals surface area contributed by atoms with Crippen molar-refractivity contribution in [3.8, 4) is 0 Å². The Hall–Kier alpha value is -1.95. The smallest absolute Gasteiger partial charge is 0.115 e. The minimum Gasteiger partial charge on any atom is -0.393 e. The maximum atomic E-state index is 11.2. The van der Waals surface area contributed by atoms with E-state index in [9.17, 15) is 15.3 Å². The van der Waals surface area contributed by atoms with Crippen molar-refractivity contribution in [1.29, 1.82) is 0 Å². The molecule has 37 heavy (non-hydrogen) atoms. The molecule has 202 valence electrons. The zero-order valence-electron chi connectivity index (χ0n) is 22.9. The molecule has 4 aliphatic carbocycles. The van der Waals surface area contributed by atoms with E-state index in [1.165, 1.54) is 31.3 Å². The molecule has 1 aromatic rings. The zero-order chi connectivity index (χ0) is 26.4. The van der Waals surface area contributed by atoms with E-state index in [0.29, 0.717) is 30.6 Å². The number of aromatic nitrogens is 2. The largest absolute Gasteiger partial charge is 0.393 e. The molecule has 1 heterocycles. The summed E-state index contributed by atoms with van der Waals surface area (Å²) in [6.07, 6.45) is 18.9. The second kappa shape index (κ2) is 10.3. The number of H-pyrrole nitrogens is 1. The van der Waals surface area contributed by atoms with Gasteiger partial charge in [-0.15, -0.1) is 0 Å². The van der Waals surface area contributed by atoms with Gasteiger partial charge in [-0.05, 0) is 92.1 Å². The average molecular weight is 507 g/mol. The summed E-state index contributed by atoms with van der Waals surface area (Å²) in [6, 6.07) is 0. The molecule has 4 aliphatic rings. The van der Waals surface area contributed by atoms with Crippen molar-refractivity contribution in [3.05, 3.63) is 65.3 Å². The topological polar surface area (TPSA) is 89.4 Å². The summed E-state index contributed by atoms with van der Waals surface area (Å²) in [6.45, 7) is 11.0. The van der Waals surface area contributed by atoms with E-state index < -0.39 is 18.3 Å². The normalized spacial score (nSPS) is 37.3. The Labute approximate surface area is 222 Å². The first-order chi connectivity index (χ1) is 17.7. The Balaban J connectivity index is 1.28. The Morgan fingerprint density at radius 3 is 2.68 bits per heavy atom. The van der Waals surface area contributed by atoms with Gasteiger partial charge in [0.05, 0.1) is 23.7 Å². The third-order valence-corrected chi connectivity index (χ3v) is 10.4. The number of nitrogens with zero attached hydrogens (tertiary/aromatic N) is 1. The minimum atomic E-state index is -0.639. The highest BCUT2D eigenvalue weighted by Crippen LogP contribution is 2.59. The van der Waals surface area contributed by atoms with Crippen LogP contribution in [0.15, 0.2) is 53.8 Å². The van der Waals surface area contributed by atoms with Gasteiger partial charge in [-0.3, -0.25) is 0 Å². The molecule has 0 aromatic carbocycles. The monoisotopic (exact) mass is 506 g/mol. The second-order valence-electron chi connectivity index (χ2n) is 12.6. The van der Waals surface area contributed by atoms with Gasteiger partial charge in [-0.1, -0.05) is 57.2 Å². The average Bonchev–Trinajstić information content (AvgIpc) is 3.39. The highest BCUT2D eigenvalue weighted by molar-refractivity contribution is 5.38. The Morgan fingerprint density at radius 1 is 1.19 bits per heavy atom. The molecule has 1 aromatic heterocycles. The van der Waals surface area contributed by atoms with Gasteiger partial charge in [-0.25, -0.2) is 4.98 Å². The van der Waals surface area contributed by atoms with Crippen LogP contribution < -0.4 is 0 Å². The Kier molecular flexibility index (Phi) is 7.43. The molecule has 5 nitrogen and oxygen atoms in total. The first-order valence-electron chi connectivity index (χ1n) is 14.5. The maximum Gasteiger partial charge on any atom is 0.115 e. The van der Waals surface area contributed by atoms with Crippen LogP contribution in [0.3, 0.4) is 0 Å². The van der Waals surface area contributed by atoms with Crippen molar-refractivity contribution in [1.82, 2.24) is 9.97 Å². The molecular formula is C32H46N2O3. The van der Waals surface area contributed by atoms with Gasteiger partial charge in [0, 0.05) is 18.3 Å². The number of nitrogens with one attached hydrogen (secondary N) is 1. The number of aliphatic hydroxyl groups is 3. The molecule has 0 amide bonds. The van der Waals surface area contributed by atoms with Gasteiger partial charge in [0.2, 0.25) is 0 Å². The molecule has 0 unspecified atom stereocenters. The highest BCUT2D eigenvalue weighted by Gasteiger charge is 2.53. The van der Waals surface area contributed by atoms with Gasteiger partial charge >= 0.3 is 0 Å². The van der Waals surface area contributed by atoms with Crippen molar-refractivity contribution in [2.75, 3.05) is 0 Å². The third kappa shape index (κ3) is 4.95. The molecule has 0 aliphatic heterocycles. The molecular weight excluding hydrogens is 460 g/mol. The van der Waals surface area contributed by atoms with Crippen LogP contribution in [0.1, 0.15) is 90.1 Å². The quantitative estimate of drug-likeness (QED) is 0.357.